The van der Waals surface area contributed by atoms with E-state index in [1.54, 1.807) is 50.4 Å². The average molecular weight is 421 g/mol. The van der Waals surface area contributed by atoms with E-state index < -0.39 is 6.04 Å². The van der Waals surface area contributed by atoms with Crippen molar-refractivity contribution in [3.05, 3.63) is 59.1 Å². The Morgan fingerprint density at radius 3 is 2.48 bits per heavy atom. The van der Waals surface area contributed by atoms with Crippen LogP contribution in [0.1, 0.15) is 12.5 Å². The maximum Gasteiger partial charge on any atom is 0.261 e. The van der Waals surface area contributed by atoms with Crippen molar-refractivity contribution in [2.75, 3.05) is 26.9 Å². The number of nitrogens with zero attached hydrogens (tertiary/aromatic N) is 1. The summed E-state index contributed by atoms with van der Waals surface area (Å²) in [5.41, 5.74) is 0.832. The summed E-state index contributed by atoms with van der Waals surface area (Å²) in [5.74, 6) is 0.359. The van der Waals surface area contributed by atoms with Gasteiger partial charge in [0.25, 0.3) is 5.91 Å². The molecule has 2 aromatic rings. The molecule has 29 heavy (non-hydrogen) atoms. The molecule has 1 atom stereocenters. The Morgan fingerprint density at radius 1 is 1.17 bits per heavy atom. The minimum atomic E-state index is -0.758. The number of benzene rings is 2. The molecule has 0 radical (unpaired) electrons. The van der Waals surface area contributed by atoms with Crippen molar-refractivity contribution in [1.82, 2.24) is 10.2 Å². The van der Waals surface area contributed by atoms with Gasteiger partial charge in [0, 0.05) is 13.1 Å². The molecule has 2 amide bonds. The predicted octanol–water partition coefficient (Wildman–Crippen LogP) is 2.25. The van der Waals surface area contributed by atoms with Gasteiger partial charge in [0.1, 0.15) is 17.5 Å². The highest BCUT2D eigenvalue weighted by molar-refractivity contribution is 6.32. The Hall–Kier alpha value is -2.77. The summed E-state index contributed by atoms with van der Waals surface area (Å²) in [4.78, 5) is 26.7. The fourth-order valence-electron chi connectivity index (χ4n) is 2.62. The number of hydrogen-bond donors (Lipinski definition) is 2. The number of carbonyl (C=O) groups is 2. The van der Waals surface area contributed by atoms with Gasteiger partial charge in [0.2, 0.25) is 5.91 Å². The molecule has 2 N–H and O–H groups in total. The number of amides is 2. The normalized spacial score (nSPS) is 11.4. The van der Waals surface area contributed by atoms with Crippen LogP contribution in [0.5, 0.6) is 11.5 Å². The number of halogens is 1. The molecule has 0 spiro atoms. The standard InChI is InChI=1S/C21H25ClN2O5/c1-15(21(27)23-11-12-25)24(13-16-7-9-17(28-2)10-8-16)20(26)14-29-19-6-4-3-5-18(19)22/h3-10,15,25H,11-14H2,1-2H3,(H,23,27). The van der Waals surface area contributed by atoms with Crippen molar-refractivity contribution < 1.29 is 24.2 Å². The predicted molar refractivity (Wildman–Crippen MR) is 110 cm³/mol. The van der Waals surface area contributed by atoms with Gasteiger partial charge in [-0.2, -0.15) is 0 Å². The van der Waals surface area contributed by atoms with Crippen molar-refractivity contribution in [3.63, 3.8) is 0 Å². The van der Waals surface area contributed by atoms with Gasteiger partial charge in [-0.05, 0) is 36.8 Å². The van der Waals surface area contributed by atoms with Crippen LogP contribution in [-0.4, -0.2) is 54.7 Å². The molecule has 0 fully saturated rings. The van der Waals surface area contributed by atoms with E-state index >= 15 is 0 Å². The van der Waals surface area contributed by atoms with E-state index in [1.807, 2.05) is 12.1 Å². The lowest BCUT2D eigenvalue weighted by atomic mass is 10.1. The number of para-hydroxylation sites is 1. The lowest BCUT2D eigenvalue weighted by molar-refractivity contribution is -0.142. The number of methoxy groups -OCH3 is 1. The van der Waals surface area contributed by atoms with Crippen molar-refractivity contribution in [2.45, 2.75) is 19.5 Å². The molecular weight excluding hydrogens is 396 g/mol. The summed E-state index contributed by atoms with van der Waals surface area (Å²) < 4.78 is 10.7. The molecule has 0 heterocycles. The van der Waals surface area contributed by atoms with E-state index in [1.165, 1.54) is 4.90 Å². The molecule has 0 aliphatic carbocycles. The summed E-state index contributed by atoms with van der Waals surface area (Å²) in [5, 5.41) is 11.9. The SMILES string of the molecule is COc1ccc(CN(C(=O)COc2ccccc2Cl)C(C)C(=O)NCCO)cc1. The number of carbonyl (C=O) groups excluding carboxylic acids is 2. The largest absolute Gasteiger partial charge is 0.497 e. The molecule has 0 aliphatic rings. The van der Waals surface area contributed by atoms with Crippen LogP contribution < -0.4 is 14.8 Å². The van der Waals surface area contributed by atoms with Crippen LogP contribution in [0, 0.1) is 0 Å². The van der Waals surface area contributed by atoms with Crippen LogP contribution in [0.25, 0.3) is 0 Å². The summed E-state index contributed by atoms with van der Waals surface area (Å²) in [7, 11) is 1.57. The molecule has 8 heteroatoms. The number of aliphatic hydroxyl groups excluding tert-OH is 1. The first-order valence-electron chi connectivity index (χ1n) is 9.14. The van der Waals surface area contributed by atoms with Crippen molar-refractivity contribution in [3.8, 4) is 11.5 Å². The highest BCUT2D eigenvalue weighted by Gasteiger charge is 2.26. The van der Waals surface area contributed by atoms with Crippen LogP contribution in [0.4, 0.5) is 0 Å². The quantitative estimate of drug-likeness (QED) is 0.615. The highest BCUT2D eigenvalue weighted by atomic mass is 35.5. The zero-order chi connectivity index (χ0) is 21.2. The lowest BCUT2D eigenvalue weighted by Crippen LogP contribution is -2.49. The third-order valence-corrected chi connectivity index (χ3v) is 4.59. The molecule has 2 rings (SSSR count). The summed E-state index contributed by atoms with van der Waals surface area (Å²) >= 11 is 6.07. The van der Waals surface area contributed by atoms with E-state index in [-0.39, 0.29) is 38.1 Å². The Bertz CT molecular complexity index is 813. The Kier molecular flexibility index (Phi) is 8.76. The monoisotopic (exact) mass is 420 g/mol. The Balaban J connectivity index is 2.14. The topological polar surface area (TPSA) is 88.1 Å². The molecule has 1 unspecified atom stereocenters. The first kappa shape index (κ1) is 22.5. The van der Waals surface area contributed by atoms with Gasteiger partial charge in [-0.1, -0.05) is 35.9 Å². The van der Waals surface area contributed by atoms with E-state index in [4.69, 9.17) is 26.2 Å². The van der Waals surface area contributed by atoms with Crippen molar-refractivity contribution in [1.29, 1.82) is 0 Å². The molecule has 0 aliphatic heterocycles. The van der Waals surface area contributed by atoms with E-state index in [9.17, 15) is 9.59 Å². The second kappa shape index (κ2) is 11.3. The number of ether oxygens (including phenoxy) is 2. The summed E-state index contributed by atoms with van der Waals surface area (Å²) in [6, 6.07) is 13.3. The summed E-state index contributed by atoms with van der Waals surface area (Å²) in [6.07, 6.45) is 0. The first-order valence-corrected chi connectivity index (χ1v) is 9.52. The molecule has 0 saturated heterocycles. The van der Waals surface area contributed by atoms with E-state index in [0.29, 0.717) is 16.5 Å². The highest BCUT2D eigenvalue weighted by Crippen LogP contribution is 2.23. The van der Waals surface area contributed by atoms with Crippen LogP contribution in [0.2, 0.25) is 5.02 Å². The van der Waals surface area contributed by atoms with Crippen LogP contribution >= 0.6 is 11.6 Å². The fourth-order valence-corrected chi connectivity index (χ4v) is 2.81. The van der Waals surface area contributed by atoms with Gasteiger partial charge >= 0.3 is 0 Å². The van der Waals surface area contributed by atoms with Crippen LogP contribution in [0.3, 0.4) is 0 Å². The van der Waals surface area contributed by atoms with Crippen molar-refractivity contribution in [2.24, 2.45) is 0 Å². The number of aliphatic hydroxyl groups is 1. The number of hydrogen-bond acceptors (Lipinski definition) is 5. The maximum atomic E-state index is 12.9. The van der Waals surface area contributed by atoms with Gasteiger partial charge in [-0.25, -0.2) is 0 Å². The third-order valence-electron chi connectivity index (χ3n) is 4.28. The fraction of sp³-hybridized carbons (Fsp3) is 0.333. The number of nitrogens with one attached hydrogen (secondary N) is 1. The minimum Gasteiger partial charge on any atom is -0.497 e. The van der Waals surface area contributed by atoms with Crippen molar-refractivity contribution >= 4 is 23.4 Å². The van der Waals surface area contributed by atoms with Gasteiger partial charge in [0.05, 0.1) is 18.7 Å². The molecule has 0 saturated carbocycles. The molecule has 156 valence electrons. The van der Waals surface area contributed by atoms with Gasteiger partial charge in [-0.15, -0.1) is 0 Å². The lowest BCUT2D eigenvalue weighted by Gasteiger charge is -2.28. The molecule has 0 aromatic heterocycles. The summed E-state index contributed by atoms with van der Waals surface area (Å²) in [6.45, 7) is 1.51. The smallest absolute Gasteiger partial charge is 0.261 e. The molecule has 0 bridgehead atoms. The Labute approximate surface area is 175 Å². The molecule has 2 aromatic carbocycles. The minimum absolute atomic E-state index is 0.115. The third kappa shape index (κ3) is 6.66. The number of rotatable bonds is 10. The van der Waals surface area contributed by atoms with Crippen LogP contribution in [0.15, 0.2) is 48.5 Å². The van der Waals surface area contributed by atoms with E-state index in [0.717, 1.165) is 5.56 Å². The average Bonchev–Trinajstić information content (AvgIpc) is 2.75. The van der Waals surface area contributed by atoms with Gasteiger partial charge < -0.3 is 24.8 Å². The van der Waals surface area contributed by atoms with E-state index in [2.05, 4.69) is 5.32 Å². The second-order valence-corrected chi connectivity index (χ2v) is 6.69. The van der Waals surface area contributed by atoms with Crippen LogP contribution in [-0.2, 0) is 16.1 Å². The maximum absolute atomic E-state index is 12.9. The molecular formula is C21H25ClN2O5. The van der Waals surface area contributed by atoms with Gasteiger partial charge in [-0.3, -0.25) is 9.59 Å². The molecule has 7 nitrogen and oxygen atoms in total. The first-order chi connectivity index (χ1) is 14.0. The van der Waals surface area contributed by atoms with Gasteiger partial charge in [0.15, 0.2) is 6.61 Å². The zero-order valence-corrected chi connectivity index (χ0v) is 17.2. The second-order valence-electron chi connectivity index (χ2n) is 6.28. The Morgan fingerprint density at radius 2 is 1.86 bits per heavy atom. The zero-order valence-electron chi connectivity index (χ0n) is 16.4.